The molecule has 0 saturated carbocycles. The van der Waals surface area contributed by atoms with Crippen molar-refractivity contribution in [1.82, 2.24) is 10.2 Å². The molecule has 6 heteroatoms. The number of furan rings is 1. The summed E-state index contributed by atoms with van der Waals surface area (Å²) in [6.45, 7) is 2.65. The topological polar surface area (TPSA) is 65.8 Å². The number of carbonyl (C=O) groups is 2. The van der Waals surface area contributed by atoms with Gasteiger partial charge in [0, 0.05) is 49.4 Å². The fraction of sp³-hybridized carbons (Fsp3) is 0.368. The van der Waals surface area contributed by atoms with E-state index >= 15 is 0 Å². The van der Waals surface area contributed by atoms with E-state index in [1.807, 2.05) is 35.2 Å². The third-order valence-electron chi connectivity index (χ3n) is 4.80. The fourth-order valence-corrected chi connectivity index (χ4v) is 3.48. The molecule has 0 unspecified atom stereocenters. The van der Waals surface area contributed by atoms with Crippen LogP contribution in [-0.2, 0) is 13.0 Å². The molecule has 2 aliphatic heterocycles. The lowest BCUT2D eigenvalue weighted by Gasteiger charge is -2.28. The molecule has 25 heavy (non-hydrogen) atoms. The zero-order valence-electron chi connectivity index (χ0n) is 14.0. The number of hydrogen-bond acceptors (Lipinski definition) is 3. The van der Waals surface area contributed by atoms with Crippen LogP contribution >= 0.6 is 0 Å². The summed E-state index contributed by atoms with van der Waals surface area (Å²) in [5.41, 5.74) is 2.46. The number of nitrogens with one attached hydrogen (secondary N) is 1. The van der Waals surface area contributed by atoms with E-state index in [0.29, 0.717) is 31.7 Å². The van der Waals surface area contributed by atoms with Crippen LogP contribution in [0.2, 0.25) is 0 Å². The molecule has 130 valence electrons. The van der Waals surface area contributed by atoms with Crippen molar-refractivity contribution in [2.24, 2.45) is 0 Å². The largest absolute Gasteiger partial charge is 0.469 e. The Morgan fingerprint density at radius 1 is 1.16 bits per heavy atom. The second kappa shape index (κ2) is 6.63. The predicted octanol–water partition coefficient (Wildman–Crippen LogP) is 2.79. The number of benzene rings is 1. The Balaban J connectivity index is 1.56. The van der Waals surface area contributed by atoms with Crippen LogP contribution in [-0.4, -0.2) is 36.5 Å². The maximum atomic E-state index is 13.0. The van der Waals surface area contributed by atoms with E-state index in [-0.39, 0.29) is 11.9 Å². The summed E-state index contributed by atoms with van der Waals surface area (Å²) < 4.78 is 5.49. The molecule has 2 aliphatic rings. The molecule has 0 radical (unpaired) electrons. The molecule has 4 rings (SSSR count). The SMILES string of the molecule is O=C(c1cccc(N2CCCNC2=O)c1)N1CCCc2occc2C1. The van der Waals surface area contributed by atoms with Crippen LogP contribution in [0.5, 0.6) is 0 Å². The van der Waals surface area contributed by atoms with Gasteiger partial charge in [-0.05, 0) is 37.1 Å². The second-order valence-corrected chi connectivity index (χ2v) is 6.49. The summed E-state index contributed by atoms with van der Waals surface area (Å²) in [4.78, 5) is 28.6. The highest BCUT2D eigenvalue weighted by molar-refractivity contribution is 5.98. The number of rotatable bonds is 2. The highest BCUT2D eigenvalue weighted by Gasteiger charge is 2.24. The first-order valence-corrected chi connectivity index (χ1v) is 8.72. The number of amides is 3. The third-order valence-corrected chi connectivity index (χ3v) is 4.80. The first-order chi connectivity index (χ1) is 12.2. The van der Waals surface area contributed by atoms with E-state index < -0.39 is 0 Å². The van der Waals surface area contributed by atoms with Gasteiger partial charge in [0.2, 0.25) is 0 Å². The van der Waals surface area contributed by atoms with Gasteiger partial charge >= 0.3 is 6.03 Å². The van der Waals surface area contributed by atoms with E-state index in [0.717, 1.165) is 36.3 Å². The number of aryl methyl sites for hydroxylation is 1. The van der Waals surface area contributed by atoms with E-state index in [2.05, 4.69) is 5.32 Å². The number of fused-ring (bicyclic) bond motifs is 1. The number of nitrogens with zero attached hydrogens (tertiary/aromatic N) is 2. The van der Waals surface area contributed by atoms with Gasteiger partial charge in [-0.1, -0.05) is 6.07 Å². The van der Waals surface area contributed by atoms with Crippen LogP contribution in [0.4, 0.5) is 10.5 Å². The summed E-state index contributed by atoms with van der Waals surface area (Å²) in [7, 11) is 0. The molecule has 2 aromatic rings. The Labute approximate surface area is 146 Å². The minimum Gasteiger partial charge on any atom is -0.469 e. The molecule has 0 atom stereocenters. The van der Waals surface area contributed by atoms with Gasteiger partial charge in [0.1, 0.15) is 5.76 Å². The monoisotopic (exact) mass is 339 g/mol. The van der Waals surface area contributed by atoms with Gasteiger partial charge in [-0.25, -0.2) is 4.79 Å². The number of carbonyl (C=O) groups excluding carboxylic acids is 2. The molecular weight excluding hydrogens is 318 g/mol. The van der Waals surface area contributed by atoms with Gasteiger partial charge in [-0.15, -0.1) is 0 Å². The minimum atomic E-state index is -0.103. The average Bonchev–Trinajstić information content (AvgIpc) is 2.98. The summed E-state index contributed by atoms with van der Waals surface area (Å²) >= 11 is 0. The lowest BCUT2D eigenvalue weighted by molar-refractivity contribution is 0.0746. The van der Waals surface area contributed by atoms with Crippen LogP contribution in [0, 0.1) is 0 Å². The second-order valence-electron chi connectivity index (χ2n) is 6.49. The van der Waals surface area contributed by atoms with E-state index in [1.54, 1.807) is 11.2 Å². The molecule has 0 aliphatic carbocycles. The van der Waals surface area contributed by atoms with Crippen molar-refractivity contribution >= 4 is 17.6 Å². The van der Waals surface area contributed by atoms with Crippen molar-refractivity contribution < 1.29 is 14.0 Å². The average molecular weight is 339 g/mol. The molecule has 0 spiro atoms. The smallest absolute Gasteiger partial charge is 0.321 e. The van der Waals surface area contributed by atoms with E-state index in [1.165, 1.54) is 0 Å². The Morgan fingerprint density at radius 3 is 2.96 bits per heavy atom. The number of hydrogen-bond donors (Lipinski definition) is 1. The van der Waals surface area contributed by atoms with E-state index in [4.69, 9.17) is 4.42 Å². The van der Waals surface area contributed by atoms with Crippen molar-refractivity contribution in [3.8, 4) is 0 Å². The van der Waals surface area contributed by atoms with Crippen LogP contribution in [0.15, 0.2) is 41.0 Å². The molecule has 1 N–H and O–H groups in total. The molecule has 0 bridgehead atoms. The van der Waals surface area contributed by atoms with Gasteiger partial charge < -0.3 is 14.6 Å². The van der Waals surface area contributed by atoms with E-state index in [9.17, 15) is 9.59 Å². The summed E-state index contributed by atoms with van der Waals surface area (Å²) in [6.07, 6.45) is 4.34. The Hall–Kier alpha value is -2.76. The summed E-state index contributed by atoms with van der Waals surface area (Å²) in [6, 6.07) is 9.18. The van der Waals surface area contributed by atoms with Crippen LogP contribution in [0.3, 0.4) is 0 Å². The zero-order valence-corrected chi connectivity index (χ0v) is 14.0. The molecule has 1 saturated heterocycles. The molecule has 6 nitrogen and oxygen atoms in total. The lowest BCUT2D eigenvalue weighted by Crippen LogP contribution is -2.46. The van der Waals surface area contributed by atoms with Crippen molar-refractivity contribution in [1.29, 1.82) is 0 Å². The Kier molecular flexibility index (Phi) is 4.17. The maximum Gasteiger partial charge on any atom is 0.321 e. The molecular formula is C19H21N3O3. The van der Waals surface area contributed by atoms with Gasteiger partial charge in [-0.3, -0.25) is 9.69 Å². The van der Waals surface area contributed by atoms with Crippen LogP contribution in [0.1, 0.15) is 34.5 Å². The number of urea groups is 1. The number of anilines is 1. The molecule has 1 fully saturated rings. The van der Waals surface area contributed by atoms with Crippen LogP contribution < -0.4 is 10.2 Å². The maximum absolute atomic E-state index is 13.0. The third kappa shape index (κ3) is 3.12. The van der Waals surface area contributed by atoms with Crippen molar-refractivity contribution in [3.63, 3.8) is 0 Å². The normalized spacial score (nSPS) is 17.7. The highest BCUT2D eigenvalue weighted by atomic mass is 16.3. The van der Waals surface area contributed by atoms with Gasteiger partial charge in [0.05, 0.1) is 6.26 Å². The van der Waals surface area contributed by atoms with Crippen LogP contribution in [0.25, 0.3) is 0 Å². The Bertz CT molecular complexity index is 799. The standard InChI is InChI=1S/C19H21N3O3/c23-18(21-9-2-6-17-15(13-21)7-11-25-17)14-4-1-5-16(12-14)22-10-3-8-20-19(22)24/h1,4-5,7,11-12H,2-3,6,8-10,13H2,(H,20,24). The van der Waals surface area contributed by atoms with Crippen molar-refractivity contribution in [2.45, 2.75) is 25.8 Å². The summed E-state index contributed by atoms with van der Waals surface area (Å²) in [5, 5.41) is 2.84. The minimum absolute atomic E-state index is 0.00619. The van der Waals surface area contributed by atoms with Gasteiger partial charge in [0.25, 0.3) is 5.91 Å². The molecule has 1 aromatic heterocycles. The first-order valence-electron chi connectivity index (χ1n) is 8.72. The molecule has 1 aromatic carbocycles. The fourth-order valence-electron chi connectivity index (χ4n) is 3.48. The first kappa shape index (κ1) is 15.7. The Morgan fingerprint density at radius 2 is 2.08 bits per heavy atom. The molecule has 3 heterocycles. The zero-order chi connectivity index (χ0) is 17.2. The van der Waals surface area contributed by atoms with Gasteiger partial charge in [0.15, 0.2) is 0 Å². The van der Waals surface area contributed by atoms with Gasteiger partial charge in [-0.2, -0.15) is 0 Å². The molecule has 3 amide bonds. The summed E-state index contributed by atoms with van der Waals surface area (Å²) in [5.74, 6) is 0.974. The lowest BCUT2D eigenvalue weighted by atomic mass is 10.1. The highest BCUT2D eigenvalue weighted by Crippen LogP contribution is 2.23. The predicted molar refractivity (Wildman–Crippen MR) is 93.6 cm³/mol. The van der Waals surface area contributed by atoms with Crippen molar-refractivity contribution in [3.05, 3.63) is 53.5 Å². The van der Waals surface area contributed by atoms with Crippen molar-refractivity contribution in [2.75, 3.05) is 24.5 Å². The quantitative estimate of drug-likeness (QED) is 0.915.